The van der Waals surface area contributed by atoms with E-state index in [0.717, 1.165) is 18.6 Å². The minimum atomic E-state index is 0.904. The molecule has 0 atom stereocenters. The summed E-state index contributed by atoms with van der Waals surface area (Å²) in [6, 6.07) is 15.0. The van der Waals surface area contributed by atoms with E-state index < -0.39 is 0 Å². The van der Waals surface area contributed by atoms with Gasteiger partial charge in [0.1, 0.15) is 5.75 Å². The van der Waals surface area contributed by atoms with Crippen LogP contribution in [0, 0.1) is 0 Å². The van der Waals surface area contributed by atoms with Crippen LogP contribution >= 0.6 is 11.8 Å². The van der Waals surface area contributed by atoms with Gasteiger partial charge >= 0.3 is 0 Å². The molecule has 0 aliphatic rings. The molecule has 0 heterocycles. The van der Waals surface area contributed by atoms with Gasteiger partial charge in [0.25, 0.3) is 0 Å². The lowest BCUT2D eigenvalue weighted by Gasteiger charge is -2.10. The van der Waals surface area contributed by atoms with E-state index in [9.17, 15) is 0 Å². The maximum Gasteiger partial charge on any atom is 0.118 e. The van der Waals surface area contributed by atoms with Gasteiger partial charge in [-0.3, -0.25) is 0 Å². The Balaban J connectivity index is 2.21. The van der Waals surface area contributed by atoms with E-state index in [4.69, 9.17) is 4.74 Å². The number of hydrogen-bond donors (Lipinski definition) is 0. The lowest BCUT2D eigenvalue weighted by atomic mass is 10.1. The third-order valence-electron chi connectivity index (χ3n) is 3.20. The lowest BCUT2D eigenvalue weighted by molar-refractivity contribution is 0.414. The average Bonchev–Trinajstić information content (AvgIpc) is 2.48. The summed E-state index contributed by atoms with van der Waals surface area (Å²) >= 11 is 1.82. The van der Waals surface area contributed by atoms with Crippen molar-refractivity contribution in [1.82, 2.24) is 0 Å². The number of benzene rings is 2. The number of methoxy groups -OCH3 is 1. The first-order valence-electron chi connectivity index (χ1n) is 6.70. The van der Waals surface area contributed by atoms with Crippen LogP contribution in [0.4, 0.5) is 0 Å². The highest BCUT2D eigenvalue weighted by atomic mass is 32.2. The van der Waals surface area contributed by atoms with Crippen molar-refractivity contribution >= 4 is 11.8 Å². The second-order valence-corrected chi connectivity index (χ2v) is 5.54. The molecule has 0 aromatic heterocycles. The molecule has 0 aliphatic heterocycles. The average molecular weight is 272 g/mol. The molecular formula is C17H20OS. The predicted molar refractivity (Wildman–Crippen MR) is 82.3 cm³/mol. The fraction of sp³-hybridized carbons (Fsp3) is 0.294. The fourth-order valence-corrected chi connectivity index (χ4v) is 3.00. The van der Waals surface area contributed by atoms with E-state index in [1.807, 2.05) is 23.9 Å². The molecule has 100 valence electrons. The van der Waals surface area contributed by atoms with Crippen LogP contribution in [-0.2, 0) is 12.8 Å². The minimum absolute atomic E-state index is 0.904. The molecule has 0 saturated heterocycles. The third kappa shape index (κ3) is 3.54. The lowest BCUT2D eigenvalue weighted by Crippen LogP contribution is -1.89. The van der Waals surface area contributed by atoms with E-state index in [1.165, 1.54) is 20.9 Å². The molecule has 0 aliphatic carbocycles. The van der Waals surface area contributed by atoms with Crippen molar-refractivity contribution in [2.45, 2.75) is 36.5 Å². The van der Waals surface area contributed by atoms with Gasteiger partial charge in [-0.25, -0.2) is 0 Å². The van der Waals surface area contributed by atoms with Gasteiger partial charge in [0.05, 0.1) is 7.11 Å². The Morgan fingerprint density at radius 2 is 1.68 bits per heavy atom. The molecule has 0 bridgehead atoms. The Kier molecular flexibility index (Phi) is 4.92. The largest absolute Gasteiger partial charge is 0.497 e. The van der Waals surface area contributed by atoms with Crippen molar-refractivity contribution in [3.05, 3.63) is 53.6 Å². The molecule has 0 unspecified atom stereocenters. The molecule has 0 fully saturated rings. The van der Waals surface area contributed by atoms with Crippen LogP contribution in [0.2, 0.25) is 0 Å². The molecule has 19 heavy (non-hydrogen) atoms. The quantitative estimate of drug-likeness (QED) is 0.760. The van der Waals surface area contributed by atoms with E-state index in [2.05, 4.69) is 44.2 Å². The highest BCUT2D eigenvalue weighted by Crippen LogP contribution is 2.32. The molecule has 1 nitrogen and oxygen atoms in total. The van der Waals surface area contributed by atoms with Gasteiger partial charge in [0.2, 0.25) is 0 Å². The third-order valence-corrected chi connectivity index (χ3v) is 4.33. The van der Waals surface area contributed by atoms with Gasteiger partial charge in [0.15, 0.2) is 0 Å². The van der Waals surface area contributed by atoms with Crippen LogP contribution in [0.25, 0.3) is 0 Å². The molecular weight excluding hydrogens is 252 g/mol. The van der Waals surface area contributed by atoms with Crippen LogP contribution in [-0.4, -0.2) is 7.11 Å². The number of ether oxygens (including phenoxy) is 1. The smallest absolute Gasteiger partial charge is 0.118 e. The number of rotatable bonds is 5. The van der Waals surface area contributed by atoms with E-state index in [-0.39, 0.29) is 0 Å². The van der Waals surface area contributed by atoms with Crippen LogP contribution in [0.5, 0.6) is 5.75 Å². The zero-order chi connectivity index (χ0) is 13.7. The summed E-state index contributed by atoms with van der Waals surface area (Å²) in [5.41, 5.74) is 2.84. The molecule has 2 heteroatoms. The van der Waals surface area contributed by atoms with Crippen LogP contribution in [0.1, 0.15) is 25.0 Å². The van der Waals surface area contributed by atoms with Crippen molar-refractivity contribution in [3.8, 4) is 5.75 Å². The van der Waals surface area contributed by atoms with Gasteiger partial charge < -0.3 is 4.74 Å². The predicted octanol–water partition coefficient (Wildman–Crippen LogP) is 4.97. The molecule has 0 spiro atoms. The highest BCUT2D eigenvalue weighted by molar-refractivity contribution is 7.99. The monoisotopic (exact) mass is 272 g/mol. The Labute approximate surface area is 120 Å². The summed E-state index contributed by atoms with van der Waals surface area (Å²) in [6.07, 6.45) is 2.17. The summed E-state index contributed by atoms with van der Waals surface area (Å²) in [7, 11) is 1.70. The molecule has 0 N–H and O–H groups in total. The molecule has 2 aromatic carbocycles. The van der Waals surface area contributed by atoms with Crippen molar-refractivity contribution < 1.29 is 4.74 Å². The summed E-state index contributed by atoms with van der Waals surface area (Å²) < 4.78 is 5.19. The Hall–Kier alpha value is -1.41. The van der Waals surface area contributed by atoms with Gasteiger partial charge in [-0.2, -0.15) is 0 Å². The first-order chi connectivity index (χ1) is 9.26. The molecule has 2 aromatic rings. The second-order valence-electron chi connectivity index (χ2n) is 4.43. The highest BCUT2D eigenvalue weighted by Gasteiger charge is 2.04. The maximum absolute atomic E-state index is 5.19. The topological polar surface area (TPSA) is 9.23 Å². The molecule has 0 radical (unpaired) electrons. The first kappa shape index (κ1) is 14.0. The number of hydrogen-bond acceptors (Lipinski definition) is 2. The summed E-state index contributed by atoms with van der Waals surface area (Å²) in [4.78, 5) is 2.60. The summed E-state index contributed by atoms with van der Waals surface area (Å²) in [5.74, 6) is 0.904. The van der Waals surface area contributed by atoms with Crippen LogP contribution in [0.3, 0.4) is 0 Å². The maximum atomic E-state index is 5.19. The molecule has 2 rings (SSSR count). The van der Waals surface area contributed by atoms with Gasteiger partial charge in [-0.05, 0) is 54.3 Å². The molecule has 0 amide bonds. The SMILES string of the molecule is CCc1ccc(Sc2ccc(OC)cc2)c(CC)c1. The minimum Gasteiger partial charge on any atom is -0.497 e. The zero-order valence-corrected chi connectivity index (χ0v) is 12.6. The normalized spacial score (nSPS) is 10.5. The standard InChI is InChI=1S/C17H20OS/c1-4-13-6-11-17(14(5-2)12-13)19-16-9-7-15(18-3)8-10-16/h6-12H,4-5H2,1-3H3. The van der Waals surface area contributed by atoms with E-state index in [1.54, 1.807) is 7.11 Å². The molecule has 0 saturated carbocycles. The van der Waals surface area contributed by atoms with Crippen LogP contribution < -0.4 is 4.74 Å². The summed E-state index contributed by atoms with van der Waals surface area (Å²) in [6.45, 7) is 4.41. The zero-order valence-electron chi connectivity index (χ0n) is 11.8. The first-order valence-corrected chi connectivity index (χ1v) is 7.52. The second kappa shape index (κ2) is 6.67. The van der Waals surface area contributed by atoms with E-state index >= 15 is 0 Å². The van der Waals surface area contributed by atoms with Crippen LogP contribution in [0.15, 0.2) is 52.3 Å². The van der Waals surface area contributed by atoms with Crippen molar-refractivity contribution in [3.63, 3.8) is 0 Å². The fourth-order valence-electron chi connectivity index (χ4n) is 2.00. The van der Waals surface area contributed by atoms with Crippen molar-refractivity contribution in [2.24, 2.45) is 0 Å². The van der Waals surface area contributed by atoms with E-state index in [0.29, 0.717) is 0 Å². The van der Waals surface area contributed by atoms with Crippen molar-refractivity contribution in [2.75, 3.05) is 7.11 Å². The Morgan fingerprint density at radius 1 is 0.947 bits per heavy atom. The van der Waals surface area contributed by atoms with Gasteiger partial charge in [0, 0.05) is 9.79 Å². The van der Waals surface area contributed by atoms with Gasteiger partial charge in [-0.15, -0.1) is 0 Å². The Bertz CT molecular complexity index is 531. The Morgan fingerprint density at radius 3 is 2.26 bits per heavy atom. The summed E-state index contributed by atoms with van der Waals surface area (Å²) in [5, 5.41) is 0. The number of aryl methyl sites for hydroxylation is 2. The van der Waals surface area contributed by atoms with Gasteiger partial charge in [-0.1, -0.05) is 37.7 Å². The van der Waals surface area contributed by atoms with Crippen molar-refractivity contribution in [1.29, 1.82) is 0 Å².